The maximum absolute atomic E-state index is 11.9. The third-order valence-corrected chi connectivity index (χ3v) is 3.00. The van der Waals surface area contributed by atoms with Crippen molar-refractivity contribution >= 4 is 11.7 Å². The van der Waals surface area contributed by atoms with Gasteiger partial charge >= 0.3 is 0 Å². The Kier molecular flexibility index (Phi) is 5.70. The van der Waals surface area contributed by atoms with Crippen LogP contribution < -0.4 is 10.6 Å². The standard InChI is InChI=1S/C16H20N4O/c1-2-11-17-15-9-8-14(19-20-15)16(21)18-12-10-13-6-4-3-5-7-13/h3-9H,2,10-12H2,1H3,(H,17,20)(H,18,21). The molecule has 21 heavy (non-hydrogen) atoms. The second kappa shape index (κ2) is 7.99. The zero-order valence-corrected chi connectivity index (χ0v) is 12.2. The average Bonchev–Trinajstić information content (AvgIpc) is 2.54. The van der Waals surface area contributed by atoms with Crippen LogP contribution >= 0.6 is 0 Å². The number of nitrogens with zero attached hydrogens (tertiary/aromatic N) is 2. The Balaban J connectivity index is 1.80. The first-order valence-electron chi connectivity index (χ1n) is 7.19. The molecular weight excluding hydrogens is 264 g/mol. The molecule has 0 aliphatic heterocycles. The van der Waals surface area contributed by atoms with E-state index in [0.29, 0.717) is 18.1 Å². The first-order valence-corrected chi connectivity index (χ1v) is 7.19. The first kappa shape index (κ1) is 15.0. The summed E-state index contributed by atoms with van der Waals surface area (Å²) >= 11 is 0. The highest BCUT2D eigenvalue weighted by molar-refractivity contribution is 5.92. The molecule has 1 aromatic heterocycles. The fourth-order valence-corrected chi connectivity index (χ4v) is 1.86. The van der Waals surface area contributed by atoms with Gasteiger partial charge in [-0.3, -0.25) is 4.79 Å². The summed E-state index contributed by atoms with van der Waals surface area (Å²) in [4.78, 5) is 11.9. The van der Waals surface area contributed by atoms with Crippen molar-refractivity contribution in [2.45, 2.75) is 19.8 Å². The first-order chi connectivity index (χ1) is 10.3. The van der Waals surface area contributed by atoms with E-state index in [9.17, 15) is 4.79 Å². The van der Waals surface area contributed by atoms with E-state index in [1.54, 1.807) is 12.1 Å². The van der Waals surface area contributed by atoms with Crippen molar-refractivity contribution in [2.24, 2.45) is 0 Å². The maximum Gasteiger partial charge on any atom is 0.271 e. The zero-order valence-electron chi connectivity index (χ0n) is 12.2. The quantitative estimate of drug-likeness (QED) is 0.818. The molecule has 0 saturated heterocycles. The number of carbonyl (C=O) groups is 1. The third kappa shape index (κ3) is 4.87. The van der Waals surface area contributed by atoms with Crippen LogP contribution in [0.2, 0.25) is 0 Å². The molecule has 5 nitrogen and oxygen atoms in total. The number of hydrogen-bond acceptors (Lipinski definition) is 4. The molecule has 0 unspecified atom stereocenters. The van der Waals surface area contributed by atoms with Crippen molar-refractivity contribution in [1.82, 2.24) is 15.5 Å². The van der Waals surface area contributed by atoms with Crippen molar-refractivity contribution in [3.05, 3.63) is 53.7 Å². The summed E-state index contributed by atoms with van der Waals surface area (Å²) in [5.74, 6) is 0.498. The van der Waals surface area contributed by atoms with E-state index in [1.807, 2.05) is 30.3 Å². The smallest absolute Gasteiger partial charge is 0.271 e. The largest absolute Gasteiger partial charge is 0.369 e. The number of hydrogen-bond donors (Lipinski definition) is 2. The highest BCUT2D eigenvalue weighted by Crippen LogP contribution is 2.02. The van der Waals surface area contributed by atoms with E-state index in [2.05, 4.69) is 27.8 Å². The Morgan fingerprint density at radius 2 is 1.86 bits per heavy atom. The lowest BCUT2D eigenvalue weighted by Crippen LogP contribution is -2.26. The summed E-state index contributed by atoms with van der Waals surface area (Å²) < 4.78 is 0. The summed E-state index contributed by atoms with van der Waals surface area (Å²) in [5, 5.41) is 13.9. The fraction of sp³-hybridized carbons (Fsp3) is 0.312. The molecule has 5 heteroatoms. The normalized spacial score (nSPS) is 10.1. The summed E-state index contributed by atoms with van der Waals surface area (Å²) in [6.07, 6.45) is 1.82. The molecule has 0 spiro atoms. The summed E-state index contributed by atoms with van der Waals surface area (Å²) in [5.41, 5.74) is 1.54. The number of nitrogens with one attached hydrogen (secondary N) is 2. The molecule has 2 rings (SSSR count). The van der Waals surface area contributed by atoms with Gasteiger partial charge in [0.05, 0.1) is 0 Å². The highest BCUT2D eigenvalue weighted by Gasteiger charge is 2.07. The van der Waals surface area contributed by atoms with E-state index < -0.39 is 0 Å². The van der Waals surface area contributed by atoms with Crippen molar-refractivity contribution in [1.29, 1.82) is 0 Å². The number of benzene rings is 1. The lowest BCUT2D eigenvalue weighted by atomic mass is 10.1. The number of rotatable bonds is 7. The zero-order chi connectivity index (χ0) is 14.9. The molecule has 0 aliphatic carbocycles. The van der Waals surface area contributed by atoms with Crippen LogP contribution in [0.25, 0.3) is 0 Å². The van der Waals surface area contributed by atoms with Crippen LogP contribution in [-0.2, 0) is 6.42 Å². The van der Waals surface area contributed by atoms with Crippen molar-refractivity contribution in [3.8, 4) is 0 Å². The van der Waals surface area contributed by atoms with Gasteiger partial charge in [-0.25, -0.2) is 0 Å². The number of anilines is 1. The molecule has 0 radical (unpaired) electrons. The number of amides is 1. The molecular formula is C16H20N4O. The van der Waals surface area contributed by atoms with Gasteiger partial charge in [0.1, 0.15) is 5.82 Å². The minimum Gasteiger partial charge on any atom is -0.369 e. The van der Waals surface area contributed by atoms with E-state index in [0.717, 1.165) is 19.4 Å². The lowest BCUT2D eigenvalue weighted by molar-refractivity contribution is 0.0948. The van der Waals surface area contributed by atoms with E-state index in [4.69, 9.17) is 0 Å². The van der Waals surface area contributed by atoms with E-state index in [-0.39, 0.29) is 5.91 Å². The Hall–Kier alpha value is -2.43. The molecule has 1 amide bonds. The summed E-state index contributed by atoms with van der Waals surface area (Å²) in [7, 11) is 0. The Morgan fingerprint density at radius 3 is 2.52 bits per heavy atom. The van der Waals surface area contributed by atoms with E-state index in [1.165, 1.54) is 5.56 Å². The molecule has 1 aromatic carbocycles. The van der Waals surface area contributed by atoms with Crippen LogP contribution in [0.5, 0.6) is 0 Å². The van der Waals surface area contributed by atoms with Gasteiger partial charge in [-0.05, 0) is 30.5 Å². The number of aromatic nitrogens is 2. The molecule has 0 bridgehead atoms. The van der Waals surface area contributed by atoms with Gasteiger partial charge < -0.3 is 10.6 Å². The molecule has 110 valence electrons. The van der Waals surface area contributed by atoms with Crippen molar-refractivity contribution in [2.75, 3.05) is 18.4 Å². The Morgan fingerprint density at radius 1 is 1.05 bits per heavy atom. The van der Waals surface area contributed by atoms with Gasteiger partial charge in [0, 0.05) is 13.1 Å². The predicted octanol–water partition coefficient (Wildman–Crippen LogP) is 2.27. The van der Waals surface area contributed by atoms with Crippen LogP contribution in [0.3, 0.4) is 0 Å². The second-order valence-corrected chi connectivity index (χ2v) is 4.72. The van der Waals surface area contributed by atoms with Gasteiger partial charge in [0.2, 0.25) is 0 Å². The summed E-state index contributed by atoms with van der Waals surface area (Å²) in [6.45, 7) is 3.51. The maximum atomic E-state index is 11.9. The topological polar surface area (TPSA) is 66.9 Å². The van der Waals surface area contributed by atoms with Gasteiger partial charge in [0.15, 0.2) is 5.69 Å². The van der Waals surface area contributed by atoms with Gasteiger partial charge in [0.25, 0.3) is 5.91 Å². The lowest BCUT2D eigenvalue weighted by Gasteiger charge is -2.06. The predicted molar refractivity (Wildman–Crippen MR) is 83.3 cm³/mol. The average molecular weight is 284 g/mol. The molecule has 0 fully saturated rings. The molecule has 0 atom stereocenters. The van der Waals surface area contributed by atoms with Crippen LogP contribution in [-0.4, -0.2) is 29.2 Å². The third-order valence-electron chi connectivity index (χ3n) is 3.00. The van der Waals surface area contributed by atoms with Gasteiger partial charge in [-0.15, -0.1) is 10.2 Å². The second-order valence-electron chi connectivity index (χ2n) is 4.72. The van der Waals surface area contributed by atoms with Gasteiger partial charge in [-0.1, -0.05) is 37.3 Å². The molecule has 1 heterocycles. The Bertz CT molecular complexity index is 554. The molecule has 2 N–H and O–H groups in total. The van der Waals surface area contributed by atoms with E-state index >= 15 is 0 Å². The van der Waals surface area contributed by atoms with Gasteiger partial charge in [-0.2, -0.15) is 0 Å². The molecule has 2 aromatic rings. The monoisotopic (exact) mass is 284 g/mol. The molecule has 0 aliphatic rings. The summed E-state index contributed by atoms with van der Waals surface area (Å²) in [6, 6.07) is 13.5. The Labute approximate surface area is 124 Å². The highest BCUT2D eigenvalue weighted by atomic mass is 16.1. The minimum absolute atomic E-state index is 0.194. The van der Waals surface area contributed by atoms with Crippen molar-refractivity contribution in [3.63, 3.8) is 0 Å². The molecule has 0 saturated carbocycles. The minimum atomic E-state index is -0.194. The van der Waals surface area contributed by atoms with Crippen LogP contribution in [0, 0.1) is 0 Å². The fourth-order valence-electron chi connectivity index (χ4n) is 1.86. The van der Waals surface area contributed by atoms with Crippen molar-refractivity contribution < 1.29 is 4.79 Å². The number of carbonyl (C=O) groups excluding carboxylic acids is 1. The van der Waals surface area contributed by atoms with Crippen LogP contribution in [0.4, 0.5) is 5.82 Å². The SMILES string of the molecule is CCCNc1ccc(C(=O)NCCc2ccccc2)nn1. The van der Waals surface area contributed by atoms with Crippen LogP contribution in [0.1, 0.15) is 29.4 Å². The van der Waals surface area contributed by atoms with Crippen LogP contribution in [0.15, 0.2) is 42.5 Å².